The van der Waals surface area contributed by atoms with Gasteiger partial charge in [0.2, 0.25) is 0 Å². The third-order valence-electron chi connectivity index (χ3n) is 7.60. The molecule has 0 saturated carbocycles. The number of aliphatic hydroxyl groups is 2. The lowest BCUT2D eigenvalue weighted by Gasteiger charge is -2.14. The zero-order valence-corrected chi connectivity index (χ0v) is 27.0. The van der Waals surface area contributed by atoms with Gasteiger partial charge < -0.3 is 34.9 Å². The molecule has 4 rings (SSSR count). The molecule has 0 spiro atoms. The molecule has 48 heavy (non-hydrogen) atoms. The average Bonchev–Trinajstić information content (AvgIpc) is 3.08. The van der Waals surface area contributed by atoms with E-state index in [0.29, 0.717) is 54.4 Å². The van der Waals surface area contributed by atoms with E-state index in [0.717, 1.165) is 48.9 Å². The molecular weight excluding hydrogens is 618 g/mol. The first-order valence-electron chi connectivity index (χ1n) is 16.0. The number of phenols is 1. The molecule has 256 valence electrons. The average molecular weight is 662 g/mol. The van der Waals surface area contributed by atoms with E-state index in [2.05, 4.69) is 10.3 Å². The number of carbonyl (C=O) groups is 1. The van der Waals surface area contributed by atoms with Gasteiger partial charge in [-0.25, -0.2) is 9.59 Å². The van der Waals surface area contributed by atoms with Crippen LogP contribution >= 0.6 is 0 Å². The Morgan fingerprint density at radius 1 is 0.896 bits per heavy atom. The molecule has 0 fully saturated rings. The minimum Gasteiger partial charge on any atom is -0.508 e. The molecule has 0 aliphatic carbocycles. The summed E-state index contributed by atoms with van der Waals surface area (Å²) in [6.45, 7) is 4.13. The van der Waals surface area contributed by atoms with Gasteiger partial charge in [0, 0.05) is 25.6 Å². The van der Waals surface area contributed by atoms with Crippen LogP contribution in [0.2, 0.25) is 0 Å². The summed E-state index contributed by atoms with van der Waals surface area (Å²) in [5, 5.41) is 32.5. The van der Waals surface area contributed by atoms with E-state index in [9.17, 15) is 29.7 Å². The van der Waals surface area contributed by atoms with Crippen LogP contribution in [0.25, 0.3) is 22.3 Å². The van der Waals surface area contributed by atoms with Crippen molar-refractivity contribution in [2.45, 2.75) is 51.9 Å². The van der Waals surface area contributed by atoms with Gasteiger partial charge in [-0.3, -0.25) is 9.78 Å². The van der Waals surface area contributed by atoms with Crippen molar-refractivity contribution in [3.63, 3.8) is 0 Å². The van der Waals surface area contributed by atoms with Crippen LogP contribution < -0.4 is 21.4 Å². The number of ether oxygens (including phenoxy) is 2. The van der Waals surface area contributed by atoms with E-state index in [1.54, 1.807) is 18.2 Å². The number of aliphatic hydroxyl groups excluding tert-OH is 2. The first-order chi connectivity index (χ1) is 23.2. The molecule has 4 aromatic rings. The fraction of sp³-hybridized carbons (Fsp3) is 0.361. The van der Waals surface area contributed by atoms with E-state index in [1.165, 1.54) is 19.2 Å². The van der Waals surface area contributed by atoms with Crippen LogP contribution in [-0.2, 0) is 27.5 Å². The number of unbranched alkanes of at least 4 members (excludes halogenated alkanes) is 3. The number of hydrogen-bond donors (Lipinski definition) is 5. The first-order valence-corrected chi connectivity index (χ1v) is 16.0. The van der Waals surface area contributed by atoms with Crippen molar-refractivity contribution in [2.24, 2.45) is 0 Å². The zero-order valence-electron chi connectivity index (χ0n) is 27.0. The summed E-state index contributed by atoms with van der Waals surface area (Å²) in [4.78, 5) is 42.8. The summed E-state index contributed by atoms with van der Waals surface area (Å²) in [6, 6.07) is 19.9. The second-order valence-electron chi connectivity index (χ2n) is 11.3. The molecule has 1 heterocycles. The lowest BCUT2D eigenvalue weighted by Crippen LogP contribution is -2.35. The summed E-state index contributed by atoms with van der Waals surface area (Å²) in [5.74, 6) is -0.666. The molecule has 0 radical (unpaired) electrons. The Morgan fingerprint density at radius 3 is 2.42 bits per heavy atom. The predicted octanol–water partition coefficient (Wildman–Crippen LogP) is 3.46. The molecule has 0 saturated heterocycles. The van der Waals surface area contributed by atoms with Gasteiger partial charge in [0.15, 0.2) is 0 Å². The maximum Gasteiger partial charge on any atom is 0.361 e. The van der Waals surface area contributed by atoms with Gasteiger partial charge in [0.25, 0.3) is 5.56 Å². The molecule has 0 unspecified atom stereocenters. The minimum absolute atomic E-state index is 0.0204. The van der Waals surface area contributed by atoms with Gasteiger partial charge in [-0.05, 0) is 71.5 Å². The highest BCUT2D eigenvalue weighted by atomic mass is 16.7. The topological polar surface area (TPSA) is 172 Å². The number of benzene rings is 3. The number of aromatic amines is 1. The van der Waals surface area contributed by atoms with Crippen molar-refractivity contribution in [1.29, 1.82) is 0 Å². The molecule has 0 bridgehead atoms. The highest BCUT2D eigenvalue weighted by Gasteiger charge is 2.12. The number of hydrogen-bond acceptors (Lipinski definition) is 10. The van der Waals surface area contributed by atoms with Gasteiger partial charge in [-0.2, -0.15) is 0 Å². The Morgan fingerprint density at radius 2 is 1.62 bits per heavy atom. The highest BCUT2D eigenvalue weighted by molar-refractivity contribution is 5.72. The second-order valence-corrected chi connectivity index (χ2v) is 11.3. The van der Waals surface area contributed by atoms with Crippen LogP contribution in [0, 0.1) is 0 Å². The van der Waals surface area contributed by atoms with E-state index < -0.39 is 23.3 Å². The molecule has 1 aromatic heterocycles. The standard InChI is InChI=1S/C36H43N3O9/c1-25(41)48-39-22-32(35(44)38-36(39)45)29-11-7-10-28(19-29)27-9-6-8-26(18-27)24-47-17-16-46-15-5-3-2-4-14-37-21-34(43)30-12-13-33(42)31(20-30)23-40/h6-13,18-20,22,34,37,40,42-43H,2-5,14-17,21,23-24H2,1H3,(H,38,44,45)/t34-/m1/s1. The third kappa shape index (κ3) is 11.0. The van der Waals surface area contributed by atoms with Crippen molar-refractivity contribution in [2.75, 3.05) is 32.9 Å². The fourth-order valence-corrected chi connectivity index (χ4v) is 5.09. The molecule has 0 aliphatic heterocycles. The van der Waals surface area contributed by atoms with Crippen LogP contribution in [0.1, 0.15) is 55.4 Å². The van der Waals surface area contributed by atoms with Crippen LogP contribution in [0.4, 0.5) is 0 Å². The van der Waals surface area contributed by atoms with Gasteiger partial charge >= 0.3 is 11.7 Å². The predicted molar refractivity (Wildman–Crippen MR) is 180 cm³/mol. The van der Waals surface area contributed by atoms with E-state index >= 15 is 0 Å². The first kappa shape index (κ1) is 36.2. The minimum atomic E-state index is -0.838. The molecule has 5 N–H and O–H groups in total. The zero-order chi connectivity index (χ0) is 34.3. The molecule has 12 nitrogen and oxygen atoms in total. The fourth-order valence-electron chi connectivity index (χ4n) is 5.09. The van der Waals surface area contributed by atoms with Crippen LogP contribution in [0.3, 0.4) is 0 Å². The van der Waals surface area contributed by atoms with Crippen LogP contribution in [-0.4, -0.2) is 63.9 Å². The second kappa shape index (κ2) is 18.7. The van der Waals surface area contributed by atoms with E-state index in [4.69, 9.17) is 14.3 Å². The summed E-state index contributed by atoms with van der Waals surface area (Å²) in [5.41, 5.74) is 3.16. The third-order valence-corrected chi connectivity index (χ3v) is 7.60. The van der Waals surface area contributed by atoms with Gasteiger partial charge in [-0.1, -0.05) is 55.3 Å². The van der Waals surface area contributed by atoms with Crippen LogP contribution in [0.15, 0.2) is 82.5 Å². The van der Waals surface area contributed by atoms with Gasteiger partial charge in [-0.15, -0.1) is 4.73 Å². The van der Waals surface area contributed by atoms with Crippen molar-refractivity contribution >= 4 is 5.97 Å². The number of rotatable bonds is 19. The molecule has 3 aromatic carbocycles. The number of nitrogens with zero attached hydrogens (tertiary/aromatic N) is 1. The number of aromatic nitrogens is 2. The van der Waals surface area contributed by atoms with E-state index in [-0.39, 0.29) is 17.9 Å². The Labute approximate surface area is 278 Å². The lowest BCUT2D eigenvalue weighted by atomic mass is 9.99. The maximum absolute atomic E-state index is 12.5. The Hall–Kier alpha value is -4.59. The van der Waals surface area contributed by atoms with Gasteiger partial charge in [0.1, 0.15) is 5.75 Å². The monoisotopic (exact) mass is 661 g/mol. The molecule has 12 heteroatoms. The summed E-state index contributed by atoms with van der Waals surface area (Å²) in [7, 11) is 0. The molecule has 1 atom stereocenters. The Bertz CT molecular complexity index is 1750. The number of aromatic hydroxyl groups is 1. The van der Waals surface area contributed by atoms with Crippen molar-refractivity contribution in [3.05, 3.63) is 110 Å². The van der Waals surface area contributed by atoms with Crippen LogP contribution in [0.5, 0.6) is 5.75 Å². The molecule has 0 aliphatic rings. The normalized spacial score (nSPS) is 11.8. The van der Waals surface area contributed by atoms with Gasteiger partial charge in [0.05, 0.1) is 44.3 Å². The molecular formula is C36H43N3O9. The van der Waals surface area contributed by atoms with Crippen molar-refractivity contribution in [1.82, 2.24) is 15.0 Å². The molecule has 0 amide bonds. The quantitative estimate of drug-likeness (QED) is 0.0938. The maximum atomic E-state index is 12.5. The summed E-state index contributed by atoms with van der Waals surface area (Å²) >= 11 is 0. The number of H-pyrrole nitrogens is 1. The van der Waals surface area contributed by atoms with Crippen molar-refractivity contribution < 1.29 is 34.4 Å². The Kier molecular flexibility index (Phi) is 14.1. The summed E-state index contributed by atoms with van der Waals surface area (Å²) < 4.78 is 12.2. The highest BCUT2D eigenvalue weighted by Crippen LogP contribution is 2.26. The number of carbonyl (C=O) groups excluding carboxylic acids is 1. The van der Waals surface area contributed by atoms with Crippen molar-refractivity contribution in [3.8, 4) is 28.0 Å². The smallest absolute Gasteiger partial charge is 0.361 e. The lowest BCUT2D eigenvalue weighted by molar-refractivity contribution is -0.142. The number of nitrogens with one attached hydrogen (secondary N) is 2. The van der Waals surface area contributed by atoms with E-state index in [1.807, 2.05) is 42.5 Å². The summed E-state index contributed by atoms with van der Waals surface area (Å²) in [6.07, 6.45) is 4.53. The Balaban J connectivity index is 1.11. The SMILES string of the molecule is CC(=O)On1cc(-c2cccc(-c3cccc(COCCOCCCCCCNC[C@@H](O)c4ccc(O)c(CO)c4)c3)c2)c(=O)[nH]c1=O. The largest absolute Gasteiger partial charge is 0.508 e.